The lowest BCUT2D eigenvalue weighted by Crippen LogP contribution is -2.42. The van der Waals surface area contributed by atoms with Crippen LogP contribution in [0, 0.1) is 5.92 Å². The number of hydrogen-bond acceptors (Lipinski definition) is 4. The summed E-state index contributed by atoms with van der Waals surface area (Å²) in [4.78, 5) is 11.8. The molecule has 0 saturated carbocycles. The first kappa shape index (κ1) is 17.5. The Morgan fingerprint density at radius 3 is 2.43 bits per heavy atom. The second-order valence-electron chi connectivity index (χ2n) is 5.26. The van der Waals surface area contributed by atoms with Crippen LogP contribution in [0.5, 0.6) is 5.75 Å². The van der Waals surface area contributed by atoms with Gasteiger partial charge in [-0.3, -0.25) is 4.79 Å². The summed E-state index contributed by atoms with van der Waals surface area (Å²) >= 11 is 0. The summed E-state index contributed by atoms with van der Waals surface area (Å²) in [6, 6.07) is 7.69. The van der Waals surface area contributed by atoms with Crippen molar-refractivity contribution < 1.29 is 14.3 Å². The molecule has 2 atom stereocenters. The van der Waals surface area contributed by atoms with Gasteiger partial charge in [0.15, 0.2) is 0 Å². The number of nitrogens with one attached hydrogen (secondary N) is 1. The van der Waals surface area contributed by atoms with E-state index in [0.29, 0.717) is 6.54 Å². The summed E-state index contributed by atoms with van der Waals surface area (Å²) in [7, 11) is 1.43. The first-order valence-corrected chi connectivity index (χ1v) is 7.65. The van der Waals surface area contributed by atoms with Gasteiger partial charge >= 0.3 is 5.97 Å². The molecule has 0 fully saturated rings. The normalized spacial score (nSPS) is 13.5. The third kappa shape index (κ3) is 5.76. The van der Waals surface area contributed by atoms with Crippen molar-refractivity contribution in [2.75, 3.05) is 13.7 Å². The number of ether oxygens (including phenoxy) is 2. The Labute approximate surface area is 127 Å². The number of carbonyl (C=O) groups is 1. The fraction of sp³-hybridized carbons (Fsp3) is 0.588. The average molecular weight is 293 g/mol. The van der Waals surface area contributed by atoms with E-state index in [0.717, 1.165) is 30.8 Å². The van der Waals surface area contributed by atoms with Crippen LogP contribution in [0.4, 0.5) is 0 Å². The molecule has 21 heavy (non-hydrogen) atoms. The second-order valence-corrected chi connectivity index (χ2v) is 5.26. The molecule has 1 rings (SSSR count). The van der Waals surface area contributed by atoms with Crippen LogP contribution in [0.3, 0.4) is 0 Å². The molecule has 0 heterocycles. The summed E-state index contributed by atoms with van der Waals surface area (Å²) in [5, 5.41) is 3.28. The monoisotopic (exact) mass is 293 g/mol. The van der Waals surface area contributed by atoms with Crippen LogP contribution in [-0.4, -0.2) is 25.7 Å². The second kappa shape index (κ2) is 9.40. The van der Waals surface area contributed by atoms with Gasteiger partial charge < -0.3 is 14.8 Å². The van der Waals surface area contributed by atoms with E-state index in [-0.39, 0.29) is 17.9 Å². The van der Waals surface area contributed by atoms with Crippen molar-refractivity contribution in [2.45, 2.75) is 46.2 Å². The maximum Gasteiger partial charge on any atom is 0.323 e. The summed E-state index contributed by atoms with van der Waals surface area (Å²) in [6.07, 6.45) is 1.93. The lowest BCUT2D eigenvalue weighted by atomic mass is 9.99. The van der Waals surface area contributed by atoms with Crippen molar-refractivity contribution in [3.05, 3.63) is 29.8 Å². The molecule has 0 amide bonds. The smallest absolute Gasteiger partial charge is 0.323 e. The molecule has 0 aliphatic heterocycles. The van der Waals surface area contributed by atoms with Crippen molar-refractivity contribution in [3.63, 3.8) is 0 Å². The highest BCUT2D eigenvalue weighted by molar-refractivity contribution is 5.75. The molecule has 0 aliphatic rings. The molecular weight excluding hydrogens is 266 g/mol. The van der Waals surface area contributed by atoms with E-state index < -0.39 is 0 Å². The van der Waals surface area contributed by atoms with Crippen LogP contribution in [0.15, 0.2) is 24.3 Å². The van der Waals surface area contributed by atoms with Gasteiger partial charge in [-0.1, -0.05) is 39.3 Å². The maximum atomic E-state index is 11.8. The Balaban J connectivity index is 2.57. The highest BCUT2D eigenvalue weighted by atomic mass is 16.5. The van der Waals surface area contributed by atoms with Crippen LogP contribution < -0.4 is 10.1 Å². The Bertz CT molecular complexity index is 417. The van der Waals surface area contributed by atoms with Gasteiger partial charge in [0.1, 0.15) is 11.8 Å². The van der Waals surface area contributed by atoms with Crippen molar-refractivity contribution >= 4 is 5.97 Å². The summed E-state index contributed by atoms with van der Waals surface area (Å²) in [6.45, 7) is 7.58. The molecule has 0 aliphatic carbocycles. The Hall–Kier alpha value is -1.55. The van der Waals surface area contributed by atoms with E-state index in [4.69, 9.17) is 9.47 Å². The zero-order chi connectivity index (χ0) is 15.7. The largest absolute Gasteiger partial charge is 0.494 e. The summed E-state index contributed by atoms with van der Waals surface area (Å²) in [5.41, 5.74) is 1.12. The van der Waals surface area contributed by atoms with Crippen LogP contribution in [0.1, 0.15) is 39.2 Å². The number of rotatable bonds is 9. The van der Waals surface area contributed by atoms with E-state index >= 15 is 0 Å². The minimum absolute atomic E-state index is 0.202. The summed E-state index contributed by atoms with van der Waals surface area (Å²) in [5.74, 6) is 0.920. The average Bonchev–Trinajstić information content (AvgIpc) is 2.53. The molecule has 0 spiro atoms. The lowest BCUT2D eigenvalue weighted by Gasteiger charge is -2.22. The van der Waals surface area contributed by atoms with Gasteiger partial charge in [-0.05, 0) is 30.0 Å². The van der Waals surface area contributed by atoms with Gasteiger partial charge in [0.05, 0.1) is 13.7 Å². The Morgan fingerprint density at radius 2 is 1.90 bits per heavy atom. The topological polar surface area (TPSA) is 47.6 Å². The van der Waals surface area contributed by atoms with Crippen molar-refractivity contribution in [1.29, 1.82) is 0 Å². The van der Waals surface area contributed by atoms with E-state index in [9.17, 15) is 4.79 Å². The zero-order valence-electron chi connectivity index (χ0n) is 13.5. The number of methoxy groups -OCH3 is 1. The van der Waals surface area contributed by atoms with E-state index in [1.165, 1.54) is 7.11 Å². The van der Waals surface area contributed by atoms with Gasteiger partial charge in [0, 0.05) is 6.54 Å². The van der Waals surface area contributed by atoms with Crippen LogP contribution >= 0.6 is 0 Å². The SMILES string of the molecule is CCCOc1ccc(CNC(C(=O)OC)C(C)CC)cc1. The molecule has 1 aromatic rings. The van der Waals surface area contributed by atoms with Crippen molar-refractivity contribution in [1.82, 2.24) is 5.32 Å². The predicted octanol–water partition coefficient (Wildman–Crippen LogP) is 3.15. The summed E-state index contributed by atoms with van der Waals surface area (Å²) < 4.78 is 10.4. The molecule has 0 aromatic heterocycles. The van der Waals surface area contributed by atoms with Gasteiger partial charge in [0.25, 0.3) is 0 Å². The molecule has 4 heteroatoms. The predicted molar refractivity (Wildman–Crippen MR) is 84.3 cm³/mol. The molecule has 1 N–H and O–H groups in total. The van der Waals surface area contributed by atoms with Crippen LogP contribution in [0.2, 0.25) is 0 Å². The minimum atomic E-state index is -0.268. The molecule has 0 bridgehead atoms. The fourth-order valence-corrected chi connectivity index (χ4v) is 2.03. The van der Waals surface area contributed by atoms with Crippen LogP contribution in [-0.2, 0) is 16.1 Å². The standard InChI is InChI=1S/C17H27NO3/c1-5-11-21-15-9-7-14(8-10-15)12-18-16(13(3)6-2)17(19)20-4/h7-10,13,16,18H,5-6,11-12H2,1-4H3. The van der Waals surface area contributed by atoms with Gasteiger partial charge in [0.2, 0.25) is 0 Å². The highest BCUT2D eigenvalue weighted by Gasteiger charge is 2.23. The van der Waals surface area contributed by atoms with Gasteiger partial charge in [-0.25, -0.2) is 0 Å². The van der Waals surface area contributed by atoms with Crippen LogP contribution in [0.25, 0.3) is 0 Å². The molecule has 1 aromatic carbocycles. The zero-order valence-corrected chi connectivity index (χ0v) is 13.5. The van der Waals surface area contributed by atoms with E-state index in [1.54, 1.807) is 0 Å². The maximum absolute atomic E-state index is 11.8. The number of benzene rings is 1. The molecule has 0 saturated heterocycles. The number of carbonyl (C=O) groups excluding carboxylic acids is 1. The minimum Gasteiger partial charge on any atom is -0.494 e. The Morgan fingerprint density at radius 1 is 1.24 bits per heavy atom. The molecule has 4 nitrogen and oxygen atoms in total. The molecular formula is C17H27NO3. The quantitative estimate of drug-likeness (QED) is 0.711. The van der Waals surface area contributed by atoms with Crippen molar-refractivity contribution in [2.24, 2.45) is 5.92 Å². The first-order chi connectivity index (χ1) is 10.1. The fourth-order valence-electron chi connectivity index (χ4n) is 2.03. The number of esters is 1. The Kier molecular flexibility index (Phi) is 7.83. The third-order valence-corrected chi connectivity index (χ3v) is 3.59. The lowest BCUT2D eigenvalue weighted by molar-refractivity contribution is -0.144. The molecule has 118 valence electrons. The van der Waals surface area contributed by atoms with Crippen molar-refractivity contribution in [3.8, 4) is 5.75 Å². The van der Waals surface area contributed by atoms with E-state index in [1.807, 2.05) is 24.3 Å². The third-order valence-electron chi connectivity index (χ3n) is 3.59. The molecule has 2 unspecified atom stereocenters. The highest BCUT2D eigenvalue weighted by Crippen LogP contribution is 2.14. The van der Waals surface area contributed by atoms with Gasteiger partial charge in [-0.15, -0.1) is 0 Å². The first-order valence-electron chi connectivity index (χ1n) is 7.65. The van der Waals surface area contributed by atoms with Gasteiger partial charge in [-0.2, -0.15) is 0 Å². The van der Waals surface area contributed by atoms with E-state index in [2.05, 4.69) is 26.1 Å². The molecule has 0 radical (unpaired) electrons. The number of hydrogen-bond donors (Lipinski definition) is 1.